The second kappa shape index (κ2) is 8.68. The summed E-state index contributed by atoms with van der Waals surface area (Å²) in [5.41, 5.74) is 9.19. The molecule has 6 nitrogen and oxygen atoms in total. The molecule has 0 fully saturated rings. The van der Waals surface area contributed by atoms with Gasteiger partial charge in [0.2, 0.25) is 5.89 Å². The first-order chi connectivity index (χ1) is 13.8. The van der Waals surface area contributed by atoms with Crippen molar-refractivity contribution in [2.45, 2.75) is 26.4 Å². The van der Waals surface area contributed by atoms with Crippen LogP contribution in [0.25, 0.3) is 11.5 Å². The van der Waals surface area contributed by atoms with E-state index in [1.807, 2.05) is 31.2 Å². The maximum Gasteiger partial charge on any atom is 0.573 e. The molecule has 2 aromatic carbocycles. The van der Waals surface area contributed by atoms with Crippen molar-refractivity contribution >= 4 is 5.96 Å². The van der Waals surface area contributed by atoms with Crippen molar-refractivity contribution in [3.05, 3.63) is 71.6 Å². The molecule has 29 heavy (non-hydrogen) atoms. The molecular formula is C20H19F3N4O2. The molecule has 1 heterocycles. The molecule has 3 N–H and O–H groups in total. The Labute approximate surface area is 165 Å². The largest absolute Gasteiger partial charge is 0.573 e. The van der Waals surface area contributed by atoms with E-state index in [4.69, 9.17) is 10.2 Å². The van der Waals surface area contributed by atoms with E-state index in [1.165, 1.54) is 30.5 Å². The number of aliphatic imine (C=N–C) groups is 1. The summed E-state index contributed by atoms with van der Waals surface area (Å²) in [5.74, 6) is 0.408. The lowest BCUT2D eigenvalue weighted by atomic mass is 10.1. The van der Waals surface area contributed by atoms with Gasteiger partial charge in [-0.2, -0.15) is 0 Å². The number of alkyl halides is 3. The van der Waals surface area contributed by atoms with Gasteiger partial charge in [0.1, 0.15) is 12.0 Å². The maximum absolute atomic E-state index is 12.2. The lowest BCUT2D eigenvalue weighted by Gasteiger charge is -2.09. The van der Waals surface area contributed by atoms with Crippen LogP contribution in [0.5, 0.6) is 5.75 Å². The molecule has 0 aliphatic rings. The van der Waals surface area contributed by atoms with Crippen LogP contribution in [0.15, 0.2) is 64.2 Å². The molecule has 0 aliphatic heterocycles. The second-order valence-electron chi connectivity index (χ2n) is 6.26. The van der Waals surface area contributed by atoms with E-state index in [-0.39, 0.29) is 18.3 Å². The second-order valence-corrected chi connectivity index (χ2v) is 6.26. The third kappa shape index (κ3) is 6.27. The van der Waals surface area contributed by atoms with E-state index < -0.39 is 6.36 Å². The molecule has 0 radical (unpaired) electrons. The van der Waals surface area contributed by atoms with Gasteiger partial charge in [-0.05, 0) is 36.8 Å². The average Bonchev–Trinajstić information content (AvgIpc) is 3.14. The van der Waals surface area contributed by atoms with E-state index in [0.29, 0.717) is 23.7 Å². The number of benzene rings is 2. The summed E-state index contributed by atoms with van der Waals surface area (Å²) in [5, 5.41) is 2.92. The minimum Gasteiger partial charge on any atom is -0.444 e. The summed E-state index contributed by atoms with van der Waals surface area (Å²) in [6, 6.07) is 13.2. The quantitative estimate of drug-likeness (QED) is 0.476. The molecule has 152 valence electrons. The number of rotatable bonds is 6. The van der Waals surface area contributed by atoms with E-state index in [1.54, 1.807) is 0 Å². The Morgan fingerprint density at radius 3 is 2.48 bits per heavy atom. The Hall–Kier alpha value is -3.49. The molecule has 1 aromatic heterocycles. The van der Waals surface area contributed by atoms with Crippen molar-refractivity contribution in [3.8, 4) is 17.2 Å². The molecule has 0 saturated carbocycles. The Morgan fingerprint density at radius 1 is 1.14 bits per heavy atom. The van der Waals surface area contributed by atoms with Crippen LogP contribution in [0, 0.1) is 6.92 Å². The summed E-state index contributed by atoms with van der Waals surface area (Å²) in [7, 11) is 0. The van der Waals surface area contributed by atoms with Crippen molar-refractivity contribution in [1.82, 2.24) is 10.3 Å². The van der Waals surface area contributed by atoms with Crippen LogP contribution in [0.4, 0.5) is 13.2 Å². The van der Waals surface area contributed by atoms with E-state index in [0.717, 1.165) is 11.1 Å². The Bertz CT molecular complexity index is 965. The molecule has 0 unspecified atom stereocenters. The monoisotopic (exact) mass is 404 g/mol. The van der Waals surface area contributed by atoms with Gasteiger partial charge in [-0.1, -0.05) is 29.8 Å². The fourth-order valence-electron chi connectivity index (χ4n) is 2.43. The molecule has 0 atom stereocenters. The van der Waals surface area contributed by atoms with E-state index >= 15 is 0 Å². The molecule has 0 amide bonds. The zero-order valence-corrected chi connectivity index (χ0v) is 15.5. The Kier molecular flexibility index (Phi) is 6.06. The standard InChI is InChI=1S/C20H19F3N4O2/c1-13-2-6-15(7-3-13)18-27-16(12-28-18)11-26-19(24)25-10-14-4-8-17(9-5-14)29-20(21,22)23/h2-9,12H,10-11H2,1H3,(H3,24,25,26). The third-order valence-electron chi connectivity index (χ3n) is 3.89. The number of hydrogen-bond acceptors (Lipinski definition) is 4. The number of oxazole rings is 1. The summed E-state index contributed by atoms with van der Waals surface area (Å²) in [6.45, 7) is 2.53. The van der Waals surface area contributed by atoms with Crippen LogP contribution in [-0.4, -0.2) is 17.3 Å². The van der Waals surface area contributed by atoms with Crippen molar-refractivity contribution < 1.29 is 22.3 Å². The fraction of sp³-hybridized carbons (Fsp3) is 0.200. The Balaban J connectivity index is 1.51. The van der Waals surface area contributed by atoms with Crippen molar-refractivity contribution in [3.63, 3.8) is 0 Å². The third-order valence-corrected chi connectivity index (χ3v) is 3.89. The number of aromatic nitrogens is 1. The van der Waals surface area contributed by atoms with Crippen LogP contribution >= 0.6 is 0 Å². The van der Waals surface area contributed by atoms with Crippen molar-refractivity contribution in [1.29, 1.82) is 0 Å². The number of aryl methyl sites for hydroxylation is 1. The molecule has 0 aliphatic carbocycles. The smallest absolute Gasteiger partial charge is 0.444 e. The number of halogens is 3. The zero-order chi connectivity index (χ0) is 20.9. The molecule has 3 rings (SSSR count). The van der Waals surface area contributed by atoms with Crippen molar-refractivity contribution in [2.24, 2.45) is 10.7 Å². The minimum atomic E-state index is -4.71. The number of nitrogens with zero attached hydrogens (tertiary/aromatic N) is 2. The van der Waals surface area contributed by atoms with Gasteiger partial charge in [-0.15, -0.1) is 13.2 Å². The predicted octanol–water partition coefficient (Wildman–Crippen LogP) is 4.15. The highest BCUT2D eigenvalue weighted by Crippen LogP contribution is 2.23. The molecular weight excluding hydrogens is 385 g/mol. The number of nitrogens with one attached hydrogen (secondary N) is 1. The molecule has 0 saturated heterocycles. The van der Waals surface area contributed by atoms with Crippen molar-refractivity contribution in [2.75, 3.05) is 0 Å². The molecule has 9 heteroatoms. The van der Waals surface area contributed by atoms with Gasteiger partial charge in [0.25, 0.3) is 0 Å². The van der Waals surface area contributed by atoms with Gasteiger partial charge in [-0.3, -0.25) is 0 Å². The number of nitrogens with two attached hydrogens (primary N) is 1. The molecule has 0 bridgehead atoms. The summed E-state index contributed by atoms with van der Waals surface area (Å²) in [4.78, 5) is 8.54. The highest BCUT2D eigenvalue weighted by atomic mass is 19.4. The van der Waals surface area contributed by atoms with Crippen LogP contribution in [0.2, 0.25) is 0 Å². The summed E-state index contributed by atoms with van der Waals surface area (Å²) in [6.07, 6.45) is -3.18. The highest BCUT2D eigenvalue weighted by molar-refractivity contribution is 5.77. The minimum absolute atomic E-state index is 0.181. The molecule has 3 aromatic rings. The predicted molar refractivity (Wildman–Crippen MR) is 102 cm³/mol. The summed E-state index contributed by atoms with van der Waals surface area (Å²) < 4.78 is 45.8. The van der Waals surface area contributed by atoms with Gasteiger partial charge < -0.3 is 20.2 Å². The topological polar surface area (TPSA) is 85.7 Å². The van der Waals surface area contributed by atoms with Gasteiger partial charge in [-0.25, -0.2) is 9.98 Å². The lowest BCUT2D eigenvalue weighted by Crippen LogP contribution is -2.31. The van der Waals surface area contributed by atoms with Crippen LogP contribution in [-0.2, 0) is 13.1 Å². The van der Waals surface area contributed by atoms with Crippen LogP contribution in [0.3, 0.4) is 0 Å². The first kappa shape index (κ1) is 20.2. The lowest BCUT2D eigenvalue weighted by molar-refractivity contribution is -0.274. The maximum atomic E-state index is 12.2. The van der Waals surface area contributed by atoms with Crippen LogP contribution in [0.1, 0.15) is 16.8 Å². The van der Waals surface area contributed by atoms with Gasteiger partial charge in [0.15, 0.2) is 5.96 Å². The van der Waals surface area contributed by atoms with Crippen LogP contribution < -0.4 is 15.8 Å². The Morgan fingerprint density at radius 2 is 1.83 bits per heavy atom. The number of hydrogen-bond donors (Lipinski definition) is 2. The first-order valence-electron chi connectivity index (χ1n) is 8.68. The van der Waals surface area contributed by atoms with Gasteiger partial charge >= 0.3 is 6.36 Å². The normalized spacial score (nSPS) is 12.1. The van der Waals surface area contributed by atoms with Gasteiger partial charge in [0.05, 0.1) is 18.8 Å². The highest BCUT2D eigenvalue weighted by Gasteiger charge is 2.30. The SMILES string of the molecule is Cc1ccc(-c2nc(CNC(N)=NCc3ccc(OC(F)(F)F)cc3)co2)cc1. The molecule has 0 spiro atoms. The first-order valence-corrected chi connectivity index (χ1v) is 8.68. The van der Waals surface area contributed by atoms with E-state index in [2.05, 4.69) is 20.0 Å². The zero-order valence-electron chi connectivity index (χ0n) is 15.5. The van der Waals surface area contributed by atoms with Gasteiger partial charge in [0, 0.05) is 5.56 Å². The number of ether oxygens (including phenoxy) is 1. The summed E-state index contributed by atoms with van der Waals surface area (Å²) >= 11 is 0. The fourth-order valence-corrected chi connectivity index (χ4v) is 2.43. The average molecular weight is 404 g/mol. The number of guanidine groups is 1. The van der Waals surface area contributed by atoms with E-state index in [9.17, 15) is 13.2 Å².